The highest BCUT2D eigenvalue weighted by Crippen LogP contribution is 2.36. The molecule has 4 aromatic rings. The van der Waals surface area contributed by atoms with Crippen LogP contribution in [0.4, 0.5) is 36.2 Å². The van der Waals surface area contributed by atoms with Gasteiger partial charge in [-0.25, -0.2) is 9.97 Å². The van der Waals surface area contributed by atoms with Gasteiger partial charge < -0.3 is 10.6 Å². The molecule has 0 radical (unpaired) electrons. The predicted octanol–water partition coefficient (Wildman–Crippen LogP) is 5.77. The zero-order valence-electron chi connectivity index (χ0n) is 18.6. The van der Waals surface area contributed by atoms with E-state index in [1.54, 1.807) is 48.9 Å². The van der Waals surface area contributed by atoms with Gasteiger partial charge in [0.05, 0.1) is 10.6 Å². The molecule has 12 heteroatoms. The topological polar surface area (TPSA) is 123 Å². The summed E-state index contributed by atoms with van der Waals surface area (Å²) in [5.74, 6) is -0.576. The number of anilines is 3. The van der Waals surface area contributed by atoms with Crippen LogP contribution >= 0.6 is 0 Å². The lowest BCUT2D eigenvalue weighted by atomic mass is 10.1. The Morgan fingerprint density at radius 3 is 2.56 bits per heavy atom. The van der Waals surface area contributed by atoms with E-state index in [-0.39, 0.29) is 17.2 Å². The van der Waals surface area contributed by atoms with Gasteiger partial charge in [0.1, 0.15) is 5.56 Å². The average Bonchev–Trinajstić information content (AvgIpc) is 2.86. The third kappa shape index (κ3) is 5.43. The van der Waals surface area contributed by atoms with Gasteiger partial charge in [-0.2, -0.15) is 13.2 Å². The lowest BCUT2D eigenvalue weighted by Gasteiger charge is -2.13. The lowest BCUT2D eigenvalue weighted by molar-refractivity contribution is -0.388. The molecule has 0 aliphatic rings. The minimum absolute atomic E-state index is 0.281. The molecule has 0 aliphatic heterocycles. The van der Waals surface area contributed by atoms with Crippen LogP contribution in [0.1, 0.15) is 21.5 Å². The number of pyridine rings is 1. The molecule has 0 aliphatic carbocycles. The van der Waals surface area contributed by atoms with Gasteiger partial charge in [-0.05, 0) is 55.0 Å². The number of carbonyl (C=O) groups is 1. The highest BCUT2D eigenvalue weighted by molar-refractivity contribution is 6.04. The summed E-state index contributed by atoms with van der Waals surface area (Å²) in [5.41, 5.74) is 0.0441. The molecular weight excluding hydrogens is 477 g/mol. The molecule has 0 unspecified atom stereocenters. The number of carbonyl (C=O) groups excluding carboxylic acids is 1. The Labute approximate surface area is 202 Å². The largest absolute Gasteiger partial charge is 0.423 e. The summed E-state index contributed by atoms with van der Waals surface area (Å²) < 4.78 is 39.8. The molecule has 36 heavy (non-hydrogen) atoms. The van der Waals surface area contributed by atoms with E-state index in [9.17, 15) is 28.1 Å². The first-order valence-electron chi connectivity index (χ1n) is 10.4. The van der Waals surface area contributed by atoms with Gasteiger partial charge in [0.2, 0.25) is 5.95 Å². The summed E-state index contributed by atoms with van der Waals surface area (Å²) in [6.45, 7) is 1.81. The number of amides is 1. The Balaban J connectivity index is 1.56. The molecule has 0 spiro atoms. The molecule has 4 rings (SSSR count). The van der Waals surface area contributed by atoms with Gasteiger partial charge >= 0.3 is 6.18 Å². The Bertz CT molecular complexity index is 1440. The number of hydrogen-bond donors (Lipinski definition) is 2. The normalized spacial score (nSPS) is 11.1. The van der Waals surface area contributed by atoms with Crippen LogP contribution < -0.4 is 10.6 Å². The molecule has 0 fully saturated rings. The number of aryl methyl sites for hydroxylation is 1. The third-order valence-corrected chi connectivity index (χ3v) is 5.12. The van der Waals surface area contributed by atoms with Crippen molar-refractivity contribution >= 4 is 28.9 Å². The lowest BCUT2D eigenvalue weighted by Crippen LogP contribution is -2.15. The summed E-state index contributed by atoms with van der Waals surface area (Å²) in [5, 5.41) is 16.5. The van der Waals surface area contributed by atoms with E-state index < -0.39 is 28.3 Å². The van der Waals surface area contributed by atoms with Crippen LogP contribution in [0.15, 0.2) is 73.2 Å². The standard InChI is InChI=1S/C24H17F3N6O3/c1-14-4-6-17(30-22(34)15-5-7-21(33(35)36)18(11-15)24(25,26)27)12-20(14)32-23-29-10-8-19(31-23)16-3-2-9-28-13-16/h2-13H,1H3,(H,30,34)(H,29,31,32). The van der Waals surface area contributed by atoms with Crippen molar-refractivity contribution in [2.45, 2.75) is 13.1 Å². The number of nitro benzene ring substituents is 1. The van der Waals surface area contributed by atoms with E-state index in [4.69, 9.17) is 0 Å². The zero-order chi connectivity index (χ0) is 25.9. The number of benzene rings is 2. The Morgan fingerprint density at radius 2 is 1.86 bits per heavy atom. The SMILES string of the molecule is Cc1ccc(NC(=O)c2ccc([N+](=O)[O-])c(C(F)(F)F)c2)cc1Nc1nccc(-c2cccnc2)n1. The second-order valence-electron chi connectivity index (χ2n) is 7.60. The molecule has 182 valence electrons. The summed E-state index contributed by atoms with van der Waals surface area (Å²) in [4.78, 5) is 35.2. The Kier molecular flexibility index (Phi) is 6.59. The van der Waals surface area contributed by atoms with Crippen LogP contribution in [0.3, 0.4) is 0 Å². The van der Waals surface area contributed by atoms with E-state index in [2.05, 4.69) is 25.6 Å². The Hall–Kier alpha value is -4.87. The van der Waals surface area contributed by atoms with E-state index >= 15 is 0 Å². The number of halogens is 3. The van der Waals surface area contributed by atoms with Crippen molar-refractivity contribution in [3.8, 4) is 11.3 Å². The molecule has 2 N–H and O–H groups in total. The number of hydrogen-bond acceptors (Lipinski definition) is 7. The fourth-order valence-corrected chi connectivity index (χ4v) is 3.32. The first-order chi connectivity index (χ1) is 17.1. The van der Waals surface area contributed by atoms with E-state index in [1.165, 1.54) is 0 Å². The number of nitrogens with zero attached hydrogens (tertiary/aromatic N) is 4. The quantitative estimate of drug-likeness (QED) is 0.258. The van der Waals surface area contributed by atoms with Crippen molar-refractivity contribution < 1.29 is 22.9 Å². The van der Waals surface area contributed by atoms with Gasteiger partial charge in [0, 0.05) is 47.2 Å². The van der Waals surface area contributed by atoms with E-state index in [1.807, 2.05) is 13.0 Å². The fourth-order valence-electron chi connectivity index (χ4n) is 3.32. The average molecular weight is 494 g/mol. The fraction of sp³-hybridized carbons (Fsp3) is 0.0833. The highest BCUT2D eigenvalue weighted by Gasteiger charge is 2.38. The van der Waals surface area contributed by atoms with E-state index in [0.29, 0.717) is 23.5 Å². The summed E-state index contributed by atoms with van der Waals surface area (Å²) in [6, 6.07) is 12.3. The van der Waals surface area contributed by atoms with Gasteiger partial charge in [0.25, 0.3) is 11.6 Å². The van der Waals surface area contributed by atoms with Crippen molar-refractivity contribution in [1.82, 2.24) is 15.0 Å². The van der Waals surface area contributed by atoms with Crippen LogP contribution in [-0.2, 0) is 6.18 Å². The number of aromatic nitrogens is 3. The molecule has 2 aromatic carbocycles. The van der Waals surface area contributed by atoms with Gasteiger partial charge in [-0.1, -0.05) is 6.07 Å². The van der Waals surface area contributed by atoms with Crippen molar-refractivity contribution in [1.29, 1.82) is 0 Å². The zero-order valence-corrected chi connectivity index (χ0v) is 18.6. The van der Waals surface area contributed by atoms with Crippen LogP contribution in [0.5, 0.6) is 0 Å². The van der Waals surface area contributed by atoms with Crippen LogP contribution in [-0.4, -0.2) is 25.8 Å². The van der Waals surface area contributed by atoms with Crippen molar-refractivity contribution in [2.24, 2.45) is 0 Å². The van der Waals surface area contributed by atoms with Crippen LogP contribution in [0.2, 0.25) is 0 Å². The highest BCUT2D eigenvalue weighted by atomic mass is 19.4. The van der Waals surface area contributed by atoms with Crippen molar-refractivity contribution in [2.75, 3.05) is 10.6 Å². The van der Waals surface area contributed by atoms with Gasteiger partial charge in [-0.15, -0.1) is 0 Å². The monoisotopic (exact) mass is 494 g/mol. The minimum atomic E-state index is -5.00. The van der Waals surface area contributed by atoms with Crippen molar-refractivity contribution in [3.63, 3.8) is 0 Å². The van der Waals surface area contributed by atoms with E-state index in [0.717, 1.165) is 17.2 Å². The molecule has 0 atom stereocenters. The van der Waals surface area contributed by atoms with Crippen LogP contribution in [0.25, 0.3) is 11.3 Å². The van der Waals surface area contributed by atoms with Crippen molar-refractivity contribution in [3.05, 3.63) is 100.0 Å². The summed E-state index contributed by atoms with van der Waals surface area (Å²) >= 11 is 0. The molecule has 9 nitrogen and oxygen atoms in total. The van der Waals surface area contributed by atoms with Gasteiger partial charge in [0.15, 0.2) is 0 Å². The second-order valence-corrected chi connectivity index (χ2v) is 7.60. The maximum atomic E-state index is 13.3. The molecule has 1 amide bonds. The Morgan fingerprint density at radius 1 is 1.06 bits per heavy atom. The third-order valence-electron chi connectivity index (χ3n) is 5.12. The predicted molar refractivity (Wildman–Crippen MR) is 126 cm³/mol. The number of nitrogens with one attached hydrogen (secondary N) is 2. The second kappa shape index (κ2) is 9.78. The molecule has 2 heterocycles. The molecule has 0 saturated heterocycles. The molecule has 0 saturated carbocycles. The first kappa shape index (κ1) is 24.3. The maximum absolute atomic E-state index is 13.3. The number of nitro groups is 1. The number of rotatable bonds is 6. The molecular formula is C24H17F3N6O3. The minimum Gasteiger partial charge on any atom is -0.324 e. The summed E-state index contributed by atoms with van der Waals surface area (Å²) in [6.07, 6.45) is -0.112. The number of alkyl halides is 3. The van der Waals surface area contributed by atoms with Gasteiger partial charge in [-0.3, -0.25) is 19.9 Å². The molecule has 0 bridgehead atoms. The smallest absolute Gasteiger partial charge is 0.324 e. The molecule has 2 aromatic heterocycles. The van der Waals surface area contributed by atoms with Crippen LogP contribution in [0, 0.1) is 17.0 Å². The maximum Gasteiger partial charge on any atom is 0.423 e. The summed E-state index contributed by atoms with van der Waals surface area (Å²) in [7, 11) is 0. The first-order valence-corrected chi connectivity index (χ1v) is 10.4.